The summed E-state index contributed by atoms with van der Waals surface area (Å²) in [6, 6.07) is 6.19. The lowest BCUT2D eigenvalue weighted by Crippen LogP contribution is -2.18. The number of aromatic nitrogens is 2. The molecule has 0 unspecified atom stereocenters. The fraction of sp³-hybridized carbons (Fsp3) is 0.0667. The van der Waals surface area contributed by atoms with Crippen molar-refractivity contribution in [2.75, 3.05) is 0 Å². The molecule has 0 radical (unpaired) electrons. The molecule has 130 valence electrons. The average molecular weight is 377 g/mol. The zero-order valence-electron chi connectivity index (χ0n) is 11.9. The quantitative estimate of drug-likeness (QED) is 0.621. The number of benzene rings is 2. The Morgan fingerprint density at radius 3 is 2.24 bits per heavy atom. The molecule has 0 amide bonds. The van der Waals surface area contributed by atoms with Gasteiger partial charge in [0, 0.05) is 0 Å². The van der Waals surface area contributed by atoms with Gasteiger partial charge in [-0.05, 0) is 24.3 Å². The second kappa shape index (κ2) is 5.99. The van der Waals surface area contributed by atoms with E-state index in [0.717, 1.165) is 0 Å². The van der Waals surface area contributed by atoms with Crippen LogP contribution in [-0.2, 0) is 6.18 Å². The summed E-state index contributed by atoms with van der Waals surface area (Å²) in [5.41, 5.74) is -2.44. The number of alkyl halides is 3. The zero-order chi connectivity index (χ0) is 18.4. The molecule has 0 aliphatic heterocycles. The largest absolute Gasteiger partial charge is 0.442 e. The number of hydrogen-bond acceptors (Lipinski definition) is 3. The molecule has 4 nitrogen and oxygen atoms in total. The highest BCUT2D eigenvalue weighted by atomic mass is 35.5. The lowest BCUT2D eigenvalue weighted by Gasteiger charge is -2.09. The van der Waals surface area contributed by atoms with Gasteiger partial charge in [0.05, 0.1) is 16.1 Å². The molecule has 25 heavy (non-hydrogen) atoms. The van der Waals surface area contributed by atoms with Crippen molar-refractivity contribution in [2.24, 2.45) is 0 Å². The summed E-state index contributed by atoms with van der Waals surface area (Å²) in [7, 11) is 0. The fourth-order valence-electron chi connectivity index (χ4n) is 2.09. The maximum absolute atomic E-state index is 14.0. The van der Waals surface area contributed by atoms with E-state index in [2.05, 4.69) is 5.10 Å². The average Bonchev–Trinajstić information content (AvgIpc) is 2.87. The Morgan fingerprint density at radius 1 is 1.08 bits per heavy atom. The molecular formula is C15H6ClF5N2O2. The molecule has 1 heterocycles. The second-order valence-corrected chi connectivity index (χ2v) is 5.26. The molecule has 0 fully saturated rings. The van der Waals surface area contributed by atoms with Crippen LogP contribution in [0.3, 0.4) is 0 Å². The highest BCUT2D eigenvalue weighted by Gasteiger charge is 2.33. The van der Waals surface area contributed by atoms with Crippen LogP contribution in [-0.4, -0.2) is 9.78 Å². The second-order valence-electron chi connectivity index (χ2n) is 4.85. The minimum Gasteiger partial charge on any atom is -0.387 e. The van der Waals surface area contributed by atoms with E-state index in [9.17, 15) is 26.7 Å². The Balaban J connectivity index is 2.16. The molecule has 0 N–H and O–H groups in total. The lowest BCUT2D eigenvalue weighted by molar-refractivity contribution is -0.138. The SMILES string of the molecule is O=c1oc(-c2ccccc2Cl)nn1-c1c(F)cc(C(F)(F)F)cc1F. The molecule has 10 heteroatoms. The summed E-state index contributed by atoms with van der Waals surface area (Å²) in [5, 5.41) is 3.77. The van der Waals surface area contributed by atoms with Crippen LogP contribution in [0.5, 0.6) is 0 Å². The summed E-state index contributed by atoms with van der Waals surface area (Å²) in [6.07, 6.45) is -4.95. The molecule has 3 rings (SSSR count). The third-order valence-electron chi connectivity index (χ3n) is 3.21. The van der Waals surface area contributed by atoms with Gasteiger partial charge in [0.15, 0.2) is 11.6 Å². The van der Waals surface area contributed by atoms with Crippen LogP contribution < -0.4 is 5.76 Å². The highest BCUT2D eigenvalue weighted by molar-refractivity contribution is 6.33. The summed E-state index contributed by atoms with van der Waals surface area (Å²) in [6.45, 7) is 0. The monoisotopic (exact) mass is 376 g/mol. The Labute approximate surface area is 141 Å². The van der Waals surface area contributed by atoms with Crippen molar-refractivity contribution < 1.29 is 26.4 Å². The van der Waals surface area contributed by atoms with Gasteiger partial charge in [-0.1, -0.05) is 23.7 Å². The van der Waals surface area contributed by atoms with Crippen LogP contribution in [0.15, 0.2) is 45.6 Å². The van der Waals surface area contributed by atoms with Crippen LogP contribution in [0.1, 0.15) is 5.56 Å². The van der Waals surface area contributed by atoms with E-state index in [0.29, 0.717) is 0 Å². The molecule has 0 saturated heterocycles. The summed E-state index contributed by atoms with van der Waals surface area (Å²) < 4.78 is 70.7. The van der Waals surface area contributed by atoms with E-state index < -0.39 is 34.8 Å². The Kier molecular flexibility index (Phi) is 4.11. The zero-order valence-corrected chi connectivity index (χ0v) is 12.7. The summed E-state index contributed by atoms with van der Waals surface area (Å²) >= 11 is 5.92. The minimum atomic E-state index is -4.95. The first kappa shape index (κ1) is 17.2. The first-order valence-electron chi connectivity index (χ1n) is 6.60. The predicted octanol–water partition coefficient (Wildman–Crippen LogP) is 4.44. The first-order chi connectivity index (χ1) is 11.7. The molecule has 0 aliphatic rings. The first-order valence-corrected chi connectivity index (χ1v) is 6.98. The van der Waals surface area contributed by atoms with Crippen molar-refractivity contribution >= 4 is 11.6 Å². The van der Waals surface area contributed by atoms with Gasteiger partial charge < -0.3 is 4.42 Å². The van der Waals surface area contributed by atoms with Crippen LogP contribution in [0.25, 0.3) is 17.1 Å². The normalized spacial score (nSPS) is 11.8. The molecule has 0 saturated carbocycles. The van der Waals surface area contributed by atoms with E-state index in [1.165, 1.54) is 12.1 Å². The minimum absolute atomic E-state index is 0.0642. The number of rotatable bonds is 2. The predicted molar refractivity (Wildman–Crippen MR) is 77.5 cm³/mol. The van der Waals surface area contributed by atoms with Gasteiger partial charge in [-0.3, -0.25) is 0 Å². The van der Waals surface area contributed by atoms with Gasteiger partial charge >= 0.3 is 11.9 Å². The van der Waals surface area contributed by atoms with Gasteiger partial charge in [0.1, 0.15) is 5.69 Å². The molecule has 1 aromatic heterocycles. The molecule has 0 spiro atoms. The van der Waals surface area contributed by atoms with E-state index in [1.54, 1.807) is 12.1 Å². The van der Waals surface area contributed by atoms with Gasteiger partial charge in [-0.15, -0.1) is 5.10 Å². The van der Waals surface area contributed by atoms with Crippen molar-refractivity contribution in [3.05, 3.63) is 69.2 Å². The molecule has 2 aromatic carbocycles. The Bertz CT molecular complexity index is 987. The maximum Gasteiger partial charge on any atom is 0.442 e. The third-order valence-corrected chi connectivity index (χ3v) is 3.54. The summed E-state index contributed by atoms with van der Waals surface area (Å²) in [5.74, 6) is -4.86. The van der Waals surface area contributed by atoms with Crippen molar-refractivity contribution in [3.8, 4) is 17.1 Å². The number of nitrogens with zero attached hydrogens (tertiary/aromatic N) is 2. The molecule has 0 bridgehead atoms. The van der Waals surface area contributed by atoms with Crippen molar-refractivity contribution in [3.63, 3.8) is 0 Å². The Morgan fingerprint density at radius 2 is 1.68 bits per heavy atom. The van der Waals surface area contributed by atoms with Crippen LogP contribution in [0, 0.1) is 11.6 Å². The van der Waals surface area contributed by atoms with E-state index in [-0.39, 0.29) is 33.3 Å². The van der Waals surface area contributed by atoms with E-state index in [1.807, 2.05) is 0 Å². The Hall–Kier alpha value is -2.68. The maximum atomic E-state index is 14.0. The van der Waals surface area contributed by atoms with Gasteiger partial charge in [-0.2, -0.15) is 17.9 Å². The van der Waals surface area contributed by atoms with Crippen molar-refractivity contribution in [2.45, 2.75) is 6.18 Å². The highest BCUT2D eigenvalue weighted by Crippen LogP contribution is 2.32. The lowest BCUT2D eigenvalue weighted by atomic mass is 10.2. The number of hydrogen-bond donors (Lipinski definition) is 0. The molecule has 0 aliphatic carbocycles. The molecular weight excluding hydrogens is 371 g/mol. The van der Waals surface area contributed by atoms with E-state index in [4.69, 9.17) is 16.0 Å². The fourth-order valence-corrected chi connectivity index (χ4v) is 2.31. The van der Waals surface area contributed by atoms with Crippen molar-refractivity contribution in [1.29, 1.82) is 0 Å². The third kappa shape index (κ3) is 3.14. The molecule has 0 atom stereocenters. The standard InChI is InChI=1S/C15H6ClF5N2O2/c16-9-4-2-1-3-8(9)13-22-23(14(24)25-13)12-10(17)5-7(6-11(12)18)15(19,20)21/h1-6H. The molecule has 3 aromatic rings. The van der Waals surface area contributed by atoms with Crippen LogP contribution in [0.2, 0.25) is 5.02 Å². The number of halogens is 6. The topological polar surface area (TPSA) is 48.0 Å². The van der Waals surface area contributed by atoms with E-state index >= 15 is 0 Å². The smallest absolute Gasteiger partial charge is 0.387 e. The van der Waals surface area contributed by atoms with Crippen LogP contribution >= 0.6 is 11.6 Å². The van der Waals surface area contributed by atoms with Gasteiger partial charge in [0.2, 0.25) is 0 Å². The van der Waals surface area contributed by atoms with Crippen LogP contribution in [0.4, 0.5) is 22.0 Å². The van der Waals surface area contributed by atoms with Gasteiger partial charge in [0.25, 0.3) is 5.89 Å². The van der Waals surface area contributed by atoms with Crippen molar-refractivity contribution in [1.82, 2.24) is 9.78 Å². The van der Waals surface area contributed by atoms with Gasteiger partial charge in [-0.25, -0.2) is 13.6 Å². The summed E-state index contributed by atoms with van der Waals surface area (Å²) in [4.78, 5) is 11.8.